The van der Waals surface area contributed by atoms with E-state index >= 15 is 0 Å². The quantitative estimate of drug-likeness (QED) is 0.438. The molecule has 0 aromatic rings. The molecular formula is C11H23N3O2. The maximum Gasteiger partial charge on any atom is 0.240 e. The molecule has 2 atom stereocenters. The van der Waals surface area contributed by atoms with Crippen molar-refractivity contribution in [2.75, 3.05) is 6.54 Å². The van der Waals surface area contributed by atoms with E-state index in [1.807, 2.05) is 13.8 Å². The van der Waals surface area contributed by atoms with E-state index in [0.717, 1.165) is 19.3 Å². The lowest BCUT2D eigenvalue weighted by atomic mass is 10.1. The van der Waals surface area contributed by atoms with Gasteiger partial charge in [-0.15, -0.1) is 0 Å². The largest absolute Gasteiger partial charge is 0.368 e. The summed E-state index contributed by atoms with van der Waals surface area (Å²) >= 11 is 0. The lowest BCUT2D eigenvalue weighted by molar-refractivity contribution is -0.133. The molecule has 94 valence electrons. The Hall–Kier alpha value is -1.10. The molecule has 0 aromatic carbocycles. The van der Waals surface area contributed by atoms with Crippen LogP contribution in [0.3, 0.4) is 0 Å². The van der Waals surface area contributed by atoms with Crippen LogP contribution in [0.5, 0.6) is 0 Å². The van der Waals surface area contributed by atoms with E-state index in [1.165, 1.54) is 4.90 Å². The number of nitrogens with two attached hydrogens (primary N) is 2. The smallest absolute Gasteiger partial charge is 0.240 e. The van der Waals surface area contributed by atoms with E-state index in [1.54, 1.807) is 0 Å². The number of nitrogens with zero attached hydrogens (tertiary/aromatic N) is 1. The van der Waals surface area contributed by atoms with Crippen LogP contribution in [-0.2, 0) is 9.59 Å². The van der Waals surface area contributed by atoms with Crippen LogP contribution in [-0.4, -0.2) is 35.8 Å². The highest BCUT2D eigenvalue weighted by atomic mass is 16.2. The van der Waals surface area contributed by atoms with E-state index in [0.29, 0.717) is 19.4 Å². The third-order valence-corrected chi connectivity index (χ3v) is 2.78. The minimum atomic E-state index is -0.495. The van der Waals surface area contributed by atoms with Gasteiger partial charge in [-0.2, -0.15) is 0 Å². The average molecular weight is 229 g/mol. The number of carbonyl (C=O) groups is 2. The lowest BCUT2D eigenvalue weighted by Crippen LogP contribution is -2.47. The van der Waals surface area contributed by atoms with E-state index < -0.39 is 11.9 Å². The molecule has 0 aliphatic carbocycles. The van der Waals surface area contributed by atoms with Crippen molar-refractivity contribution >= 4 is 12.3 Å². The highest BCUT2D eigenvalue weighted by Gasteiger charge is 2.24. The number of amides is 2. The number of carbonyl (C=O) groups excluding carboxylic acids is 2. The minimum Gasteiger partial charge on any atom is -0.368 e. The molecule has 16 heavy (non-hydrogen) atoms. The van der Waals surface area contributed by atoms with Crippen LogP contribution >= 0.6 is 0 Å². The average Bonchev–Trinajstić information content (AvgIpc) is 2.25. The molecule has 4 N–H and O–H groups in total. The van der Waals surface area contributed by atoms with Crippen molar-refractivity contribution in [1.82, 2.24) is 4.90 Å². The third kappa shape index (κ3) is 4.61. The van der Waals surface area contributed by atoms with E-state index in [9.17, 15) is 9.59 Å². The topological polar surface area (TPSA) is 89.4 Å². The van der Waals surface area contributed by atoms with Crippen LogP contribution in [0, 0.1) is 0 Å². The molecule has 0 rings (SSSR count). The Morgan fingerprint density at radius 2 is 2.06 bits per heavy atom. The lowest BCUT2D eigenvalue weighted by Gasteiger charge is -2.30. The summed E-state index contributed by atoms with van der Waals surface area (Å²) in [4.78, 5) is 23.7. The first-order valence-electron chi connectivity index (χ1n) is 5.80. The monoisotopic (exact) mass is 229 g/mol. The number of hydrogen-bond donors (Lipinski definition) is 2. The summed E-state index contributed by atoms with van der Waals surface area (Å²) in [5.41, 5.74) is 10.7. The molecule has 0 radical (unpaired) electrons. The van der Waals surface area contributed by atoms with Crippen molar-refractivity contribution in [3.8, 4) is 0 Å². The van der Waals surface area contributed by atoms with Gasteiger partial charge in [0.05, 0.1) is 0 Å². The van der Waals surface area contributed by atoms with Gasteiger partial charge in [-0.3, -0.25) is 9.59 Å². The Balaban J connectivity index is 4.33. The first kappa shape index (κ1) is 14.9. The van der Waals surface area contributed by atoms with Crippen molar-refractivity contribution in [3.63, 3.8) is 0 Å². The van der Waals surface area contributed by atoms with Crippen LogP contribution < -0.4 is 11.5 Å². The van der Waals surface area contributed by atoms with Crippen LogP contribution in [0.2, 0.25) is 0 Å². The minimum absolute atomic E-state index is 0.0292. The van der Waals surface area contributed by atoms with Crippen LogP contribution in [0.1, 0.15) is 39.5 Å². The Kier molecular flexibility index (Phi) is 7.54. The Labute approximate surface area is 97.2 Å². The molecule has 2 amide bonds. The van der Waals surface area contributed by atoms with Crippen LogP contribution in [0.25, 0.3) is 0 Å². The van der Waals surface area contributed by atoms with Gasteiger partial charge in [0.2, 0.25) is 12.3 Å². The van der Waals surface area contributed by atoms with Gasteiger partial charge >= 0.3 is 0 Å². The van der Waals surface area contributed by atoms with Gasteiger partial charge in [0.15, 0.2) is 0 Å². The highest BCUT2D eigenvalue weighted by molar-refractivity contribution is 5.81. The zero-order valence-electron chi connectivity index (χ0n) is 10.2. The normalized spacial score (nSPS) is 14.2. The van der Waals surface area contributed by atoms with Gasteiger partial charge in [-0.1, -0.05) is 13.3 Å². The maximum atomic E-state index is 11.2. The summed E-state index contributed by atoms with van der Waals surface area (Å²) in [5.74, 6) is -0.444. The van der Waals surface area contributed by atoms with Crippen molar-refractivity contribution in [3.05, 3.63) is 0 Å². The number of primary amides is 1. The fourth-order valence-corrected chi connectivity index (χ4v) is 1.78. The van der Waals surface area contributed by atoms with Gasteiger partial charge < -0.3 is 16.4 Å². The summed E-state index contributed by atoms with van der Waals surface area (Å²) in [6.07, 6.45) is 4.00. The van der Waals surface area contributed by atoms with Gasteiger partial charge in [0.25, 0.3) is 0 Å². The predicted molar refractivity (Wildman–Crippen MR) is 63.5 cm³/mol. The number of rotatable bonds is 9. The molecule has 0 aliphatic rings. The van der Waals surface area contributed by atoms with Gasteiger partial charge in [0.1, 0.15) is 6.04 Å². The van der Waals surface area contributed by atoms with Gasteiger partial charge in [0, 0.05) is 6.04 Å². The second kappa shape index (κ2) is 8.10. The number of unbranched alkanes of at least 4 members (excludes halogenated alkanes) is 1. The fourth-order valence-electron chi connectivity index (χ4n) is 1.78. The Morgan fingerprint density at radius 1 is 1.44 bits per heavy atom. The summed E-state index contributed by atoms with van der Waals surface area (Å²) in [6.45, 7) is 4.43. The zero-order chi connectivity index (χ0) is 12.6. The molecule has 0 saturated carbocycles. The molecule has 0 saturated heterocycles. The van der Waals surface area contributed by atoms with E-state index in [4.69, 9.17) is 11.5 Å². The molecule has 0 aliphatic heterocycles. The number of hydrogen-bond acceptors (Lipinski definition) is 3. The molecular weight excluding hydrogens is 206 g/mol. The molecule has 0 bridgehead atoms. The SMILES string of the molecule is CC[C@@H](C(N)=O)N(C=O)C(C)CCCCN. The highest BCUT2D eigenvalue weighted by Crippen LogP contribution is 2.12. The van der Waals surface area contributed by atoms with Gasteiger partial charge in [-0.05, 0) is 32.7 Å². The van der Waals surface area contributed by atoms with Crippen molar-refractivity contribution in [2.24, 2.45) is 11.5 Å². The van der Waals surface area contributed by atoms with E-state index in [2.05, 4.69) is 0 Å². The summed E-state index contributed by atoms with van der Waals surface area (Å²) in [7, 11) is 0. The Morgan fingerprint density at radius 3 is 2.44 bits per heavy atom. The second-order valence-electron chi connectivity index (χ2n) is 4.01. The summed E-state index contributed by atoms with van der Waals surface area (Å²) in [6, 6.07) is -0.466. The summed E-state index contributed by atoms with van der Waals surface area (Å²) in [5, 5.41) is 0. The van der Waals surface area contributed by atoms with Crippen molar-refractivity contribution < 1.29 is 9.59 Å². The molecule has 0 fully saturated rings. The molecule has 1 unspecified atom stereocenters. The third-order valence-electron chi connectivity index (χ3n) is 2.78. The predicted octanol–water partition coefficient (Wildman–Crippen LogP) is 0.226. The molecule has 0 heterocycles. The van der Waals surface area contributed by atoms with Gasteiger partial charge in [-0.25, -0.2) is 0 Å². The maximum absolute atomic E-state index is 11.2. The van der Waals surface area contributed by atoms with E-state index in [-0.39, 0.29) is 6.04 Å². The fraction of sp³-hybridized carbons (Fsp3) is 0.818. The first-order valence-corrected chi connectivity index (χ1v) is 5.80. The standard InChI is InChI=1S/C11H23N3O2/c1-3-10(11(13)16)14(8-15)9(2)6-4-5-7-12/h8-10H,3-7,12H2,1-2H3,(H2,13,16)/t9?,10-/m0/s1. The van der Waals surface area contributed by atoms with Crippen molar-refractivity contribution in [1.29, 1.82) is 0 Å². The summed E-state index contributed by atoms with van der Waals surface area (Å²) < 4.78 is 0. The van der Waals surface area contributed by atoms with Crippen LogP contribution in [0.4, 0.5) is 0 Å². The first-order chi connectivity index (χ1) is 7.58. The molecule has 5 nitrogen and oxygen atoms in total. The second-order valence-corrected chi connectivity index (χ2v) is 4.01. The Bertz CT molecular complexity index is 221. The molecule has 0 spiro atoms. The van der Waals surface area contributed by atoms with Crippen molar-refractivity contribution in [2.45, 2.75) is 51.6 Å². The van der Waals surface area contributed by atoms with Crippen LogP contribution in [0.15, 0.2) is 0 Å². The molecule has 5 heteroatoms. The molecule has 0 aromatic heterocycles. The zero-order valence-corrected chi connectivity index (χ0v) is 10.2.